The number of nitrogens with zero attached hydrogens (tertiary/aromatic N) is 1. The highest BCUT2D eigenvalue weighted by molar-refractivity contribution is 7.89. The molecule has 0 spiro atoms. The van der Waals surface area contributed by atoms with Crippen molar-refractivity contribution in [3.05, 3.63) is 28.2 Å². The topological polar surface area (TPSA) is 63.7 Å². The highest BCUT2D eigenvalue weighted by Gasteiger charge is 2.51. The first kappa shape index (κ1) is 18.0. The number of benzene rings is 1. The van der Waals surface area contributed by atoms with E-state index in [2.05, 4.69) is 0 Å². The van der Waals surface area contributed by atoms with Gasteiger partial charge >= 0.3 is 5.97 Å². The Balaban J connectivity index is 2.04. The summed E-state index contributed by atoms with van der Waals surface area (Å²) >= 11 is 11.9. The number of ether oxygens (including phenoxy) is 1. The second kappa shape index (κ2) is 6.83. The number of fused-ring (bicyclic) bond motifs is 1. The van der Waals surface area contributed by atoms with Crippen molar-refractivity contribution in [2.24, 2.45) is 5.92 Å². The molecule has 1 aromatic rings. The first-order valence-electron chi connectivity index (χ1n) is 7.92. The third-order valence-corrected chi connectivity index (χ3v) is 7.64. The molecule has 0 amide bonds. The van der Waals surface area contributed by atoms with Gasteiger partial charge in [0, 0.05) is 6.04 Å². The molecule has 5 nitrogen and oxygen atoms in total. The van der Waals surface area contributed by atoms with E-state index in [4.69, 9.17) is 27.9 Å². The molecule has 0 radical (unpaired) electrons. The Morgan fingerprint density at radius 1 is 1.21 bits per heavy atom. The molecule has 2 fully saturated rings. The highest BCUT2D eigenvalue weighted by atomic mass is 35.5. The summed E-state index contributed by atoms with van der Waals surface area (Å²) in [5, 5.41) is 0.462. The van der Waals surface area contributed by atoms with E-state index in [-0.39, 0.29) is 26.9 Å². The molecule has 1 saturated heterocycles. The number of esters is 1. The van der Waals surface area contributed by atoms with Crippen LogP contribution in [0.4, 0.5) is 0 Å². The van der Waals surface area contributed by atoms with E-state index >= 15 is 0 Å². The van der Waals surface area contributed by atoms with E-state index in [9.17, 15) is 13.2 Å². The smallest absolute Gasteiger partial charge is 0.324 e. The summed E-state index contributed by atoms with van der Waals surface area (Å²) in [5.41, 5.74) is 0. The van der Waals surface area contributed by atoms with Gasteiger partial charge in [0.05, 0.1) is 22.1 Å². The quantitative estimate of drug-likeness (QED) is 0.739. The lowest BCUT2D eigenvalue weighted by Crippen LogP contribution is -2.46. The lowest BCUT2D eigenvalue weighted by atomic mass is 9.85. The summed E-state index contributed by atoms with van der Waals surface area (Å²) < 4.78 is 32.6. The predicted octanol–water partition coefficient (Wildman–Crippen LogP) is 3.49. The molecule has 132 valence electrons. The number of halogens is 2. The average Bonchev–Trinajstić information content (AvgIpc) is 2.96. The van der Waals surface area contributed by atoms with Gasteiger partial charge in [-0.25, -0.2) is 8.42 Å². The van der Waals surface area contributed by atoms with Gasteiger partial charge in [-0.2, -0.15) is 4.31 Å². The fourth-order valence-electron chi connectivity index (χ4n) is 3.86. The minimum absolute atomic E-state index is 0.0528. The van der Waals surface area contributed by atoms with Crippen LogP contribution in [0.1, 0.15) is 32.1 Å². The third kappa shape index (κ3) is 3.05. The Morgan fingerprint density at radius 3 is 2.58 bits per heavy atom. The van der Waals surface area contributed by atoms with Crippen molar-refractivity contribution in [2.45, 2.75) is 49.1 Å². The van der Waals surface area contributed by atoms with Crippen LogP contribution < -0.4 is 0 Å². The van der Waals surface area contributed by atoms with Crippen LogP contribution in [-0.4, -0.2) is 37.9 Å². The van der Waals surface area contributed by atoms with Crippen LogP contribution in [0.2, 0.25) is 10.0 Å². The van der Waals surface area contributed by atoms with Crippen LogP contribution in [0.3, 0.4) is 0 Å². The van der Waals surface area contributed by atoms with Crippen LogP contribution in [0.15, 0.2) is 23.1 Å². The van der Waals surface area contributed by atoms with Gasteiger partial charge in [-0.05, 0) is 43.4 Å². The minimum atomic E-state index is -3.86. The van der Waals surface area contributed by atoms with Crippen LogP contribution in [0, 0.1) is 5.92 Å². The number of hydrogen-bond donors (Lipinski definition) is 0. The Labute approximate surface area is 151 Å². The maximum atomic E-state index is 13.2. The number of methoxy groups -OCH3 is 1. The van der Waals surface area contributed by atoms with Crippen molar-refractivity contribution < 1.29 is 17.9 Å². The van der Waals surface area contributed by atoms with Crippen molar-refractivity contribution in [1.82, 2.24) is 4.31 Å². The van der Waals surface area contributed by atoms with Gasteiger partial charge in [-0.3, -0.25) is 4.79 Å². The average molecular weight is 392 g/mol. The SMILES string of the molecule is COC(=O)[C@@H]1C[C@H]2CCCC[C@@H]2N1S(=O)(=O)c1ccc(Cl)c(Cl)c1. The Kier molecular flexibility index (Phi) is 5.12. The van der Waals surface area contributed by atoms with E-state index in [0.717, 1.165) is 25.7 Å². The lowest BCUT2D eigenvalue weighted by Gasteiger charge is -2.32. The van der Waals surface area contributed by atoms with Gasteiger partial charge in [0.2, 0.25) is 10.0 Å². The molecule has 2 aliphatic rings. The molecule has 1 aromatic carbocycles. The highest BCUT2D eigenvalue weighted by Crippen LogP contribution is 2.43. The van der Waals surface area contributed by atoms with Gasteiger partial charge < -0.3 is 4.74 Å². The normalized spacial score (nSPS) is 27.7. The molecular weight excluding hydrogens is 373 g/mol. The molecule has 0 aromatic heterocycles. The number of carbonyl (C=O) groups is 1. The molecule has 24 heavy (non-hydrogen) atoms. The monoisotopic (exact) mass is 391 g/mol. The molecule has 0 unspecified atom stereocenters. The van der Waals surface area contributed by atoms with Crippen molar-refractivity contribution in [3.8, 4) is 0 Å². The van der Waals surface area contributed by atoms with Gasteiger partial charge in [-0.15, -0.1) is 0 Å². The molecule has 1 aliphatic carbocycles. The van der Waals surface area contributed by atoms with E-state index < -0.39 is 22.0 Å². The largest absolute Gasteiger partial charge is 0.468 e. The number of sulfonamides is 1. The Morgan fingerprint density at radius 2 is 1.92 bits per heavy atom. The molecule has 1 heterocycles. The first-order valence-corrected chi connectivity index (χ1v) is 10.1. The van der Waals surface area contributed by atoms with Gasteiger partial charge in [0.1, 0.15) is 6.04 Å². The summed E-state index contributed by atoms with van der Waals surface area (Å²) in [7, 11) is -2.58. The molecule has 1 saturated carbocycles. The molecule has 3 atom stereocenters. The molecule has 3 rings (SSSR count). The third-order valence-electron chi connectivity index (χ3n) is 4.97. The zero-order chi connectivity index (χ0) is 17.5. The maximum Gasteiger partial charge on any atom is 0.324 e. The predicted molar refractivity (Wildman–Crippen MR) is 91.7 cm³/mol. The fraction of sp³-hybridized carbons (Fsp3) is 0.562. The van der Waals surface area contributed by atoms with Crippen LogP contribution in [0.5, 0.6) is 0 Å². The van der Waals surface area contributed by atoms with Gasteiger partial charge in [0.15, 0.2) is 0 Å². The van der Waals surface area contributed by atoms with Gasteiger partial charge in [0.25, 0.3) is 0 Å². The van der Waals surface area contributed by atoms with Crippen molar-refractivity contribution >= 4 is 39.2 Å². The fourth-order valence-corrected chi connectivity index (χ4v) is 6.11. The summed E-state index contributed by atoms with van der Waals surface area (Å²) in [6.45, 7) is 0. The number of hydrogen-bond acceptors (Lipinski definition) is 4. The van der Waals surface area contributed by atoms with E-state index in [1.165, 1.54) is 29.6 Å². The van der Waals surface area contributed by atoms with E-state index in [0.29, 0.717) is 6.42 Å². The van der Waals surface area contributed by atoms with E-state index in [1.54, 1.807) is 0 Å². The number of carbonyl (C=O) groups excluding carboxylic acids is 1. The summed E-state index contributed by atoms with van der Waals surface area (Å²) in [6.07, 6.45) is 4.24. The number of rotatable bonds is 3. The second-order valence-corrected chi connectivity index (χ2v) is 8.95. The van der Waals surface area contributed by atoms with Crippen molar-refractivity contribution in [2.75, 3.05) is 7.11 Å². The molecular formula is C16H19Cl2NO4S. The van der Waals surface area contributed by atoms with Crippen LogP contribution >= 0.6 is 23.2 Å². The van der Waals surface area contributed by atoms with Crippen molar-refractivity contribution in [1.29, 1.82) is 0 Å². The summed E-state index contributed by atoms with van der Waals surface area (Å²) in [5.74, 6) is -0.312. The molecule has 0 N–H and O–H groups in total. The summed E-state index contributed by atoms with van der Waals surface area (Å²) in [6, 6.07) is 3.28. The molecule has 1 aliphatic heterocycles. The van der Waals surface area contributed by atoms with Crippen LogP contribution in [-0.2, 0) is 19.6 Å². The Bertz CT molecular complexity index is 752. The molecule has 8 heteroatoms. The second-order valence-electron chi connectivity index (χ2n) is 6.30. The maximum absolute atomic E-state index is 13.2. The summed E-state index contributed by atoms with van der Waals surface area (Å²) in [4.78, 5) is 12.2. The van der Waals surface area contributed by atoms with E-state index in [1.807, 2.05) is 0 Å². The first-order chi connectivity index (χ1) is 11.4. The minimum Gasteiger partial charge on any atom is -0.468 e. The van der Waals surface area contributed by atoms with Crippen LogP contribution in [0.25, 0.3) is 0 Å². The zero-order valence-corrected chi connectivity index (χ0v) is 15.6. The standard InChI is InChI=1S/C16H19Cl2NO4S/c1-23-16(20)15-8-10-4-2-3-5-14(10)19(15)24(21,22)11-6-7-12(17)13(18)9-11/h6-7,9-10,14-15H,2-5,8H2,1H3/t10-,14+,15+/m1/s1. The van der Waals surface area contributed by atoms with Gasteiger partial charge in [-0.1, -0.05) is 36.0 Å². The Hall–Kier alpha value is -0.820. The lowest BCUT2D eigenvalue weighted by molar-refractivity contribution is -0.144. The zero-order valence-electron chi connectivity index (χ0n) is 13.2. The van der Waals surface area contributed by atoms with Crippen molar-refractivity contribution in [3.63, 3.8) is 0 Å². The molecule has 0 bridgehead atoms.